The van der Waals surface area contributed by atoms with E-state index in [0.717, 1.165) is 23.0 Å². The van der Waals surface area contributed by atoms with Crippen molar-refractivity contribution in [3.63, 3.8) is 0 Å². The van der Waals surface area contributed by atoms with Gasteiger partial charge in [0.25, 0.3) is 0 Å². The Bertz CT molecular complexity index is 256. The largest absolute Gasteiger partial charge is 0.480 e. The summed E-state index contributed by atoms with van der Waals surface area (Å²) in [6, 6.07) is -1.58. The first-order chi connectivity index (χ1) is 8.95. The first kappa shape index (κ1) is 18.9. The van der Waals surface area contributed by atoms with E-state index in [2.05, 4.69) is 0 Å². The molecule has 0 fully saturated rings. The Labute approximate surface area is 125 Å². The van der Waals surface area contributed by atoms with Gasteiger partial charge in [0, 0.05) is 34.5 Å². The summed E-state index contributed by atoms with van der Waals surface area (Å²) < 4.78 is 0. The number of nitrogens with two attached hydrogens (primary N) is 2. The molecule has 6 nitrogen and oxygen atoms in total. The van der Waals surface area contributed by atoms with E-state index in [1.165, 1.54) is 23.5 Å². The van der Waals surface area contributed by atoms with Crippen LogP contribution in [-0.4, -0.2) is 68.8 Å². The number of hydrogen-bond donors (Lipinski definition) is 4. The third-order valence-electron chi connectivity index (χ3n) is 1.97. The van der Waals surface area contributed by atoms with Crippen LogP contribution in [0, 0.1) is 0 Å². The van der Waals surface area contributed by atoms with Gasteiger partial charge in [-0.15, -0.1) is 0 Å². The van der Waals surface area contributed by atoms with Gasteiger partial charge in [-0.3, -0.25) is 9.59 Å². The lowest BCUT2D eigenvalue weighted by Gasteiger charge is -2.07. The predicted octanol–water partition coefficient (Wildman–Crippen LogP) is 0.00980. The summed E-state index contributed by atoms with van der Waals surface area (Å²) in [7, 11) is 0. The number of carboxylic acids is 2. The lowest BCUT2D eigenvalue weighted by molar-refractivity contribution is -0.138. The molecule has 19 heavy (non-hydrogen) atoms. The molecule has 0 saturated heterocycles. The van der Waals surface area contributed by atoms with Crippen molar-refractivity contribution in [3.8, 4) is 0 Å². The number of carboxylic acid groups (broad SMARTS) is 2. The summed E-state index contributed by atoms with van der Waals surface area (Å²) in [4.78, 5) is 20.9. The standard InChI is InChI=1S/C10H20N2O4S3/c11-7(9(13)14)5-18-3-1-17-2-4-19-6-8(12)10(15)16/h7-8H,1-6,11-12H2,(H,13,14)(H,15,16)/t7-,8-/m0/s1. The molecule has 0 aliphatic carbocycles. The Balaban J connectivity index is 3.24. The molecule has 0 aliphatic rings. The molecular formula is C10H20N2O4S3. The molecule has 0 saturated carbocycles. The van der Waals surface area contributed by atoms with Gasteiger partial charge in [0.1, 0.15) is 12.1 Å². The Hall–Kier alpha value is -0.0900. The van der Waals surface area contributed by atoms with Crippen LogP contribution < -0.4 is 11.5 Å². The molecule has 0 aromatic carbocycles. The molecule has 2 atom stereocenters. The number of thioether (sulfide) groups is 3. The van der Waals surface area contributed by atoms with Crippen molar-refractivity contribution in [2.75, 3.05) is 34.5 Å². The SMILES string of the molecule is N[C@@H](CSCCSCCSC[C@H](N)C(=O)O)C(=O)O. The van der Waals surface area contributed by atoms with Crippen LogP contribution in [0.2, 0.25) is 0 Å². The highest BCUT2D eigenvalue weighted by molar-refractivity contribution is 8.04. The first-order valence-electron chi connectivity index (χ1n) is 5.65. The minimum absolute atomic E-state index is 0.429. The van der Waals surface area contributed by atoms with Gasteiger partial charge in [0.15, 0.2) is 0 Å². The molecule has 0 spiro atoms. The maximum Gasteiger partial charge on any atom is 0.321 e. The van der Waals surface area contributed by atoms with Crippen molar-refractivity contribution in [1.82, 2.24) is 0 Å². The van der Waals surface area contributed by atoms with E-state index in [0.29, 0.717) is 11.5 Å². The third kappa shape index (κ3) is 11.4. The van der Waals surface area contributed by atoms with Crippen LogP contribution >= 0.6 is 35.3 Å². The number of hydrogen-bond acceptors (Lipinski definition) is 7. The van der Waals surface area contributed by atoms with Gasteiger partial charge in [-0.1, -0.05) is 0 Å². The summed E-state index contributed by atoms with van der Waals surface area (Å²) in [5.41, 5.74) is 10.7. The molecule has 0 aromatic rings. The Kier molecular flexibility index (Phi) is 11.7. The lowest BCUT2D eigenvalue weighted by Crippen LogP contribution is -2.32. The third-order valence-corrected chi connectivity index (χ3v) is 5.65. The Morgan fingerprint density at radius 1 is 0.789 bits per heavy atom. The van der Waals surface area contributed by atoms with Gasteiger partial charge in [0.05, 0.1) is 0 Å². The average molecular weight is 328 g/mol. The number of aliphatic carboxylic acids is 2. The van der Waals surface area contributed by atoms with Crippen LogP contribution in [-0.2, 0) is 9.59 Å². The molecule has 0 radical (unpaired) electrons. The highest BCUT2D eigenvalue weighted by Gasteiger charge is 2.11. The van der Waals surface area contributed by atoms with Gasteiger partial charge >= 0.3 is 11.9 Å². The van der Waals surface area contributed by atoms with E-state index in [1.807, 2.05) is 0 Å². The monoisotopic (exact) mass is 328 g/mol. The summed E-state index contributed by atoms with van der Waals surface area (Å²) in [6.45, 7) is 0. The van der Waals surface area contributed by atoms with Crippen LogP contribution in [0.1, 0.15) is 0 Å². The minimum Gasteiger partial charge on any atom is -0.480 e. The highest BCUT2D eigenvalue weighted by Crippen LogP contribution is 2.11. The van der Waals surface area contributed by atoms with E-state index < -0.39 is 24.0 Å². The van der Waals surface area contributed by atoms with Gasteiger partial charge in [-0.05, 0) is 0 Å². The summed E-state index contributed by atoms with van der Waals surface area (Å²) in [6.07, 6.45) is 0. The van der Waals surface area contributed by atoms with Crippen molar-refractivity contribution in [3.05, 3.63) is 0 Å². The molecular weight excluding hydrogens is 308 g/mol. The van der Waals surface area contributed by atoms with Crippen molar-refractivity contribution >= 4 is 47.2 Å². The van der Waals surface area contributed by atoms with E-state index in [9.17, 15) is 9.59 Å². The van der Waals surface area contributed by atoms with Crippen LogP contribution in [0.15, 0.2) is 0 Å². The lowest BCUT2D eigenvalue weighted by atomic mass is 10.4. The summed E-state index contributed by atoms with van der Waals surface area (Å²) in [5.74, 6) is 2.52. The normalized spacial score (nSPS) is 14.0. The van der Waals surface area contributed by atoms with Crippen molar-refractivity contribution < 1.29 is 19.8 Å². The van der Waals surface area contributed by atoms with E-state index >= 15 is 0 Å². The van der Waals surface area contributed by atoms with E-state index in [-0.39, 0.29) is 0 Å². The molecule has 0 unspecified atom stereocenters. The number of rotatable bonds is 12. The number of carbonyl (C=O) groups is 2. The topological polar surface area (TPSA) is 127 Å². The molecule has 0 bridgehead atoms. The van der Waals surface area contributed by atoms with Crippen molar-refractivity contribution in [2.24, 2.45) is 11.5 Å². The van der Waals surface area contributed by atoms with Gasteiger partial charge in [-0.2, -0.15) is 35.3 Å². The molecule has 0 aliphatic heterocycles. The van der Waals surface area contributed by atoms with Crippen LogP contribution in [0.3, 0.4) is 0 Å². The quantitative estimate of drug-likeness (QED) is 0.366. The van der Waals surface area contributed by atoms with Gasteiger partial charge in [0.2, 0.25) is 0 Å². The Morgan fingerprint density at radius 3 is 1.42 bits per heavy atom. The molecule has 0 heterocycles. The molecule has 0 aromatic heterocycles. The van der Waals surface area contributed by atoms with Crippen LogP contribution in [0.4, 0.5) is 0 Å². The molecule has 6 N–H and O–H groups in total. The molecule has 9 heteroatoms. The van der Waals surface area contributed by atoms with Gasteiger partial charge in [-0.25, -0.2) is 0 Å². The van der Waals surface area contributed by atoms with Crippen LogP contribution in [0.25, 0.3) is 0 Å². The smallest absolute Gasteiger partial charge is 0.321 e. The Morgan fingerprint density at radius 2 is 1.11 bits per heavy atom. The molecule has 0 amide bonds. The molecule has 112 valence electrons. The maximum atomic E-state index is 10.4. The minimum atomic E-state index is -0.966. The first-order valence-corrected chi connectivity index (χ1v) is 9.11. The fourth-order valence-corrected chi connectivity index (χ4v) is 4.12. The zero-order valence-corrected chi connectivity index (χ0v) is 12.9. The van der Waals surface area contributed by atoms with Crippen LogP contribution in [0.5, 0.6) is 0 Å². The fraction of sp³-hybridized carbons (Fsp3) is 0.800. The second-order valence-electron chi connectivity index (χ2n) is 3.65. The van der Waals surface area contributed by atoms with Crippen molar-refractivity contribution in [1.29, 1.82) is 0 Å². The zero-order valence-electron chi connectivity index (χ0n) is 10.5. The maximum absolute atomic E-state index is 10.4. The summed E-state index contributed by atoms with van der Waals surface area (Å²) in [5, 5.41) is 17.1. The predicted molar refractivity (Wildman–Crippen MR) is 83.2 cm³/mol. The second-order valence-corrected chi connectivity index (χ2v) is 7.18. The summed E-state index contributed by atoms with van der Waals surface area (Å²) >= 11 is 4.82. The van der Waals surface area contributed by atoms with E-state index in [1.54, 1.807) is 11.8 Å². The van der Waals surface area contributed by atoms with E-state index in [4.69, 9.17) is 21.7 Å². The van der Waals surface area contributed by atoms with Gasteiger partial charge < -0.3 is 21.7 Å². The fourth-order valence-electron chi connectivity index (χ4n) is 0.901. The zero-order chi connectivity index (χ0) is 14.7. The highest BCUT2D eigenvalue weighted by atomic mass is 32.2. The second kappa shape index (κ2) is 11.7. The molecule has 0 rings (SSSR count). The average Bonchev–Trinajstić information content (AvgIpc) is 2.35. The van der Waals surface area contributed by atoms with Crippen molar-refractivity contribution in [2.45, 2.75) is 12.1 Å².